The molecule has 5 saturated heterocycles. The predicted molar refractivity (Wildman–Crippen MR) is 434 cm³/mol. The van der Waals surface area contributed by atoms with Crippen LogP contribution < -0.4 is 65.7 Å². The van der Waals surface area contributed by atoms with Gasteiger partial charge in [0.1, 0.15) is 84.9 Å². The van der Waals surface area contributed by atoms with E-state index >= 15 is 9.13 Å². The molecule has 10 heterocycles. The summed E-state index contributed by atoms with van der Waals surface area (Å²) in [6.07, 6.45) is -14.2. The van der Waals surface area contributed by atoms with E-state index in [0.29, 0.717) is 28.2 Å². The Labute approximate surface area is 698 Å². The van der Waals surface area contributed by atoms with Crippen molar-refractivity contribution in [1.82, 2.24) is 47.8 Å². The lowest BCUT2D eigenvalue weighted by atomic mass is 9.80. The lowest BCUT2D eigenvalue weighted by Gasteiger charge is -2.37. The molecule has 13 rings (SSSR count). The number of nitrogens with one attached hydrogen (secondary N) is 5. The van der Waals surface area contributed by atoms with E-state index in [9.17, 15) is 61.9 Å². The fraction of sp³-hybridized carbons (Fsp3) is 0.494. The summed E-state index contributed by atoms with van der Waals surface area (Å²) in [5.74, 6) is 0.383. The first kappa shape index (κ1) is 91.2. The van der Waals surface area contributed by atoms with Gasteiger partial charge in [0.05, 0.1) is 71.7 Å². The summed E-state index contributed by atoms with van der Waals surface area (Å²) in [7, 11) is -14.7. The molecule has 0 radical (unpaired) electrons. The summed E-state index contributed by atoms with van der Waals surface area (Å²) in [6, 6.07) is 23.7. The molecule has 5 fully saturated rings. The molecule has 0 aliphatic carbocycles. The largest absolute Gasteiger partial charge is 0.497 e. The van der Waals surface area contributed by atoms with E-state index in [0.717, 1.165) is 51.9 Å². The number of H-pyrrole nitrogens is 5. The lowest BCUT2D eigenvalue weighted by Crippen LogP contribution is -2.38. The average molecular weight is 1800 g/mol. The smallest absolute Gasteiger partial charge is 0.330 e. The van der Waals surface area contributed by atoms with Crippen LogP contribution in [-0.4, -0.2) is 189 Å². The Bertz CT molecular complexity index is 6040. The highest BCUT2D eigenvalue weighted by Crippen LogP contribution is 2.56. The lowest BCUT2D eigenvalue weighted by molar-refractivity contribution is -0.150. The highest BCUT2D eigenvalue weighted by molar-refractivity contribution is 7.53. The van der Waals surface area contributed by atoms with Crippen molar-refractivity contribution in [1.29, 1.82) is 0 Å². The number of esters is 1. The molecule has 0 saturated carbocycles. The van der Waals surface area contributed by atoms with Crippen molar-refractivity contribution in [2.75, 3.05) is 73.9 Å². The number of ether oxygens (including phenoxy) is 9. The summed E-state index contributed by atoms with van der Waals surface area (Å²) < 4.78 is 170. The monoisotopic (exact) mass is 1790 g/mol. The van der Waals surface area contributed by atoms with Gasteiger partial charge in [-0.25, -0.2) is 24.0 Å². The van der Waals surface area contributed by atoms with Gasteiger partial charge in [-0.2, -0.15) is 0 Å². The Morgan fingerprint density at radius 1 is 0.366 bits per heavy atom. The van der Waals surface area contributed by atoms with Crippen LogP contribution in [0.15, 0.2) is 158 Å². The van der Waals surface area contributed by atoms with Crippen molar-refractivity contribution in [2.45, 2.75) is 171 Å². The van der Waals surface area contributed by atoms with Gasteiger partial charge >= 0.3 is 64.8 Å². The van der Waals surface area contributed by atoms with Gasteiger partial charge in [0.25, 0.3) is 27.8 Å². The summed E-state index contributed by atoms with van der Waals surface area (Å²) in [5.41, 5.74) is -6.68. The number of hydrogen-bond acceptors (Lipinski definition) is 32. The molecular weight excluding hydrogens is 1700 g/mol. The van der Waals surface area contributed by atoms with Crippen LogP contribution in [0.1, 0.15) is 115 Å². The maximum atomic E-state index is 15.2. The number of carbonyl (C=O) groups is 1. The number of rotatable bonds is 34. The van der Waals surface area contributed by atoms with Crippen LogP contribution in [-0.2, 0) is 98.0 Å². The minimum atomic E-state index is -4.53. The van der Waals surface area contributed by atoms with Crippen LogP contribution >= 0.6 is 30.4 Å². The maximum Gasteiger partial charge on any atom is 0.330 e. The van der Waals surface area contributed by atoms with E-state index in [1.807, 2.05) is 54.6 Å². The van der Waals surface area contributed by atoms with Crippen molar-refractivity contribution < 1.29 is 102 Å². The average Bonchev–Trinajstić information content (AvgIpc) is 1.24. The van der Waals surface area contributed by atoms with Crippen molar-refractivity contribution in [3.63, 3.8) is 0 Å². The third kappa shape index (κ3) is 21.2. The minimum absolute atomic E-state index is 0.0753. The number of methoxy groups -OCH3 is 2. The van der Waals surface area contributed by atoms with Gasteiger partial charge in [-0.1, -0.05) is 54.6 Å². The van der Waals surface area contributed by atoms with E-state index in [1.165, 1.54) is 84.4 Å². The first-order chi connectivity index (χ1) is 58.2. The molecule has 46 heteroatoms. The molecule has 0 bridgehead atoms. The molecule has 19 atom stereocenters. The maximum absolute atomic E-state index is 15.2. The molecule has 5 aromatic heterocycles. The summed E-state index contributed by atoms with van der Waals surface area (Å²) in [4.78, 5) is 153. The van der Waals surface area contributed by atoms with E-state index in [2.05, 4.69) is 24.9 Å². The standard InChI is InChI=1S/C77H94N10O32P4/c1-41-31-83(72(94)78-67(41)89)62-26-52(110-46(6)88)58(112-62)37-106-120(9,99)117-54-28-64(85-33-43(3)69(91)80-74(85)96)114-60(54)39-108-122(11,101)119-56-30-66(87-35-45(5)71(93)82-76(87)98)115-61(56)40-109-123(12,102)118-55-29-65(86-34-44(4)70(92)81-75(86)97)113-59(55)38-107-121(10,100)116-53-27-63(84-32-42(2)68(90)79-73(84)95)111-57(53)36-105-77(47-16-14-13-15-17-47,48-18-22-50(103-7)23-19-48)49-20-24-51(104-8)25-21-49/h13-25,31-35,52-66H,26-30,36-40H2,1-12H3,(H,78,89,94)(H,79,90,95)(H,80,91,96)(H,81,92,97)(H,82,93,98)/t52-,53-,54-,55-,56-,57+,58+,59+,60+,61+,62+,63+,64+,65+,66+,120-,121-,122-,123+/m0/s1. The van der Waals surface area contributed by atoms with Crippen LogP contribution in [0.3, 0.4) is 0 Å². The van der Waals surface area contributed by atoms with Crippen LogP contribution in [0, 0.1) is 34.6 Å². The Kier molecular flexibility index (Phi) is 27.7. The summed E-state index contributed by atoms with van der Waals surface area (Å²) in [5, 5.41) is 0. The first-order valence-electron chi connectivity index (χ1n) is 38.8. The normalized spacial score (nSPS) is 26.0. The molecule has 5 aliphatic heterocycles. The molecule has 8 aromatic rings. The topological polar surface area (TPSA) is 517 Å². The van der Waals surface area contributed by atoms with E-state index in [4.69, 9.17) is 78.8 Å². The summed E-state index contributed by atoms with van der Waals surface area (Å²) >= 11 is 0. The van der Waals surface area contributed by atoms with Crippen molar-refractivity contribution in [3.05, 3.63) is 259 Å². The Morgan fingerprint density at radius 2 is 0.602 bits per heavy atom. The number of hydrogen-bond donors (Lipinski definition) is 5. The number of carbonyl (C=O) groups excluding carboxylic acids is 1. The highest BCUT2D eigenvalue weighted by Gasteiger charge is 2.50. The highest BCUT2D eigenvalue weighted by atomic mass is 31.2. The fourth-order valence-electron chi connectivity index (χ4n) is 15.1. The molecule has 5 N–H and O–H groups in total. The predicted octanol–water partition coefficient (Wildman–Crippen LogP) is 5.57. The van der Waals surface area contributed by atoms with Gasteiger partial charge in [0.2, 0.25) is 0 Å². The molecule has 664 valence electrons. The third-order valence-corrected chi connectivity index (χ3v) is 26.4. The fourth-order valence-corrected chi connectivity index (χ4v) is 19.9. The van der Waals surface area contributed by atoms with E-state index in [1.54, 1.807) is 24.3 Å². The minimum Gasteiger partial charge on any atom is -0.497 e. The van der Waals surface area contributed by atoms with Gasteiger partial charge in [0.15, 0.2) is 0 Å². The van der Waals surface area contributed by atoms with Crippen LogP contribution in [0.4, 0.5) is 0 Å². The molecule has 5 aliphatic rings. The molecular formula is C77H94N10O32P4. The second kappa shape index (κ2) is 37.3. The Hall–Kier alpha value is -9.51. The van der Waals surface area contributed by atoms with Crippen molar-refractivity contribution in [2.24, 2.45) is 0 Å². The number of benzene rings is 3. The van der Waals surface area contributed by atoms with Crippen LogP contribution in [0.5, 0.6) is 11.5 Å². The molecule has 0 spiro atoms. The Morgan fingerprint density at radius 3 is 0.854 bits per heavy atom. The van der Waals surface area contributed by atoms with Crippen molar-refractivity contribution in [3.8, 4) is 11.5 Å². The van der Waals surface area contributed by atoms with Crippen LogP contribution in [0.25, 0.3) is 0 Å². The van der Waals surface area contributed by atoms with Gasteiger partial charge in [-0.3, -0.25) is 94.8 Å². The molecule has 0 unspecified atom stereocenters. The van der Waals surface area contributed by atoms with Gasteiger partial charge in [-0.15, -0.1) is 0 Å². The second-order valence-electron chi connectivity index (χ2n) is 30.5. The van der Waals surface area contributed by atoms with Gasteiger partial charge < -0.3 is 78.8 Å². The van der Waals surface area contributed by atoms with Gasteiger partial charge in [-0.05, 0) is 75.6 Å². The molecule has 3 aromatic carbocycles. The number of nitrogens with zero attached hydrogens (tertiary/aromatic N) is 5. The number of aryl methyl sites for hydroxylation is 5. The second-order valence-corrected chi connectivity index (χ2v) is 38.6. The van der Waals surface area contributed by atoms with Crippen LogP contribution in [0.2, 0.25) is 0 Å². The van der Waals surface area contributed by atoms with Gasteiger partial charge in [0, 0.05) is 124 Å². The summed E-state index contributed by atoms with van der Waals surface area (Å²) in [6.45, 7) is 9.75. The van der Waals surface area contributed by atoms with E-state index < -0.39 is 217 Å². The molecule has 0 amide bonds. The molecule has 123 heavy (non-hydrogen) atoms. The molecule has 42 nitrogen and oxygen atoms in total. The Balaban J connectivity index is 0.731. The number of aromatic nitrogens is 10. The number of aromatic amines is 5. The van der Waals surface area contributed by atoms with Crippen molar-refractivity contribution >= 4 is 36.4 Å². The zero-order valence-corrected chi connectivity index (χ0v) is 72.3. The van der Waals surface area contributed by atoms with E-state index in [-0.39, 0.29) is 66.5 Å². The first-order valence-corrected chi connectivity index (χ1v) is 46.8. The quantitative estimate of drug-likeness (QED) is 0.0187. The SMILES string of the molecule is COc1ccc(C(OC[C@H]2O[C@@H](n3cc(C)c(=O)[nH]c3=O)C[C@@H]2O[P@@](C)(=O)OC[C@H]2O[C@@H](n3cc(C)c(=O)[nH]c3=O)C[C@@H]2O[P@](C)(=O)OC[C@H]2O[C@@H](n3cc(C)c(=O)[nH]c3=O)C[C@@H]2O[P@@](C)(=O)OC[C@H]2O[C@@H](n3cc(C)c(=O)[nH]c3=O)C[C@@H]2O[P@@](C)(=O)OC[C@H]2O[C@@H](n3cc(C)c(=O)[nH]c3=O)C[C@@H]2OC(C)=O)(c2ccccc2)c2ccc(OC)cc2)cc1. The third-order valence-electron chi connectivity index (χ3n) is 21.3. The zero-order valence-electron chi connectivity index (χ0n) is 68.7. The zero-order chi connectivity index (χ0) is 88.5.